The zero-order chi connectivity index (χ0) is 17.7. The van der Waals surface area contributed by atoms with Gasteiger partial charge >= 0.3 is 0 Å². The number of fused-ring (bicyclic) bond motifs is 1. The number of nitrogens with one attached hydrogen (secondary N) is 1. The smallest absolute Gasteiger partial charge is 0.261 e. The molecule has 1 aromatic heterocycles. The first-order chi connectivity index (χ1) is 11.4. The molecule has 0 fully saturated rings. The third-order valence-electron chi connectivity index (χ3n) is 3.77. The Morgan fingerprint density at radius 2 is 2.00 bits per heavy atom. The highest BCUT2D eigenvalue weighted by molar-refractivity contribution is 5.82. The van der Waals surface area contributed by atoms with Crippen molar-refractivity contribution in [2.75, 3.05) is 0 Å². The monoisotopic (exact) mass is 330 g/mol. The number of carboxylic acids is 1. The van der Waals surface area contributed by atoms with Gasteiger partial charge in [-0.25, -0.2) is 4.98 Å². The number of aliphatic carboxylic acids is 1. The normalized spacial score (nSPS) is 12.3. The molecule has 0 radical (unpaired) electrons. The lowest BCUT2D eigenvalue weighted by Crippen LogP contribution is -2.50. The number of carbonyl (C=O) groups is 2. The Balaban J connectivity index is 1.95. The minimum absolute atomic E-state index is 0.121. The van der Waals surface area contributed by atoms with E-state index in [-0.39, 0.29) is 23.8 Å². The molecule has 128 valence electrons. The maximum absolute atomic E-state index is 12.3. The molecular weight excluding hydrogens is 310 g/mol. The molecule has 1 N–H and O–H groups in total. The largest absolute Gasteiger partial charge is 0.548 e. The Morgan fingerprint density at radius 1 is 1.29 bits per heavy atom. The van der Waals surface area contributed by atoms with Gasteiger partial charge in [0.15, 0.2) is 0 Å². The molecule has 1 aromatic carbocycles. The minimum Gasteiger partial charge on any atom is -0.548 e. The number of benzene rings is 1. The fourth-order valence-electron chi connectivity index (χ4n) is 2.42. The van der Waals surface area contributed by atoms with Crippen molar-refractivity contribution in [1.29, 1.82) is 0 Å². The average molecular weight is 330 g/mol. The Labute approximate surface area is 139 Å². The molecule has 7 nitrogen and oxygen atoms in total. The van der Waals surface area contributed by atoms with Crippen molar-refractivity contribution in [3.05, 3.63) is 40.9 Å². The molecule has 0 aliphatic rings. The first-order valence-corrected chi connectivity index (χ1v) is 7.84. The van der Waals surface area contributed by atoms with Crippen LogP contribution in [0.15, 0.2) is 35.4 Å². The molecule has 0 spiro atoms. The summed E-state index contributed by atoms with van der Waals surface area (Å²) >= 11 is 0. The Bertz CT molecular complexity index is 798. The quantitative estimate of drug-likeness (QED) is 0.773. The highest BCUT2D eigenvalue weighted by Gasteiger charge is 2.16. The number of rotatable bonds is 7. The molecular formula is C17H20N3O4-. The van der Waals surface area contributed by atoms with Crippen molar-refractivity contribution in [3.8, 4) is 0 Å². The van der Waals surface area contributed by atoms with Crippen LogP contribution in [0.2, 0.25) is 0 Å². The van der Waals surface area contributed by atoms with Crippen molar-refractivity contribution in [2.45, 2.75) is 39.3 Å². The lowest BCUT2D eigenvalue weighted by Gasteiger charge is -2.23. The van der Waals surface area contributed by atoms with Crippen LogP contribution >= 0.6 is 0 Å². The molecule has 0 saturated carbocycles. The number of aryl methyl sites for hydroxylation is 1. The first kappa shape index (κ1) is 17.7. The molecule has 0 aliphatic heterocycles. The van der Waals surface area contributed by atoms with Crippen LogP contribution in [0.3, 0.4) is 0 Å². The van der Waals surface area contributed by atoms with E-state index in [1.54, 1.807) is 32.0 Å². The topological polar surface area (TPSA) is 104 Å². The molecule has 1 amide bonds. The number of hydrogen-bond acceptors (Lipinski definition) is 5. The fourth-order valence-corrected chi connectivity index (χ4v) is 2.42. The third-order valence-corrected chi connectivity index (χ3v) is 3.77. The molecule has 0 saturated heterocycles. The van der Waals surface area contributed by atoms with Gasteiger partial charge in [0.2, 0.25) is 5.91 Å². The van der Waals surface area contributed by atoms with Gasteiger partial charge in [-0.2, -0.15) is 0 Å². The van der Waals surface area contributed by atoms with Crippen LogP contribution < -0.4 is 16.0 Å². The summed E-state index contributed by atoms with van der Waals surface area (Å²) in [6.45, 7) is 3.73. The third kappa shape index (κ3) is 4.18. The maximum Gasteiger partial charge on any atom is 0.261 e. The highest BCUT2D eigenvalue weighted by atomic mass is 16.4. The molecule has 2 rings (SSSR count). The summed E-state index contributed by atoms with van der Waals surface area (Å²) in [4.78, 5) is 39.3. The lowest BCUT2D eigenvalue weighted by atomic mass is 10.0. The summed E-state index contributed by atoms with van der Waals surface area (Å²) in [5.74, 6) is -1.93. The van der Waals surface area contributed by atoms with E-state index in [1.165, 1.54) is 10.9 Å². The molecule has 1 heterocycles. The Morgan fingerprint density at radius 3 is 2.67 bits per heavy atom. The van der Waals surface area contributed by atoms with Gasteiger partial charge in [0.05, 0.1) is 29.2 Å². The Hall–Kier alpha value is -2.70. The second-order valence-corrected chi connectivity index (χ2v) is 5.97. The summed E-state index contributed by atoms with van der Waals surface area (Å²) in [6.07, 6.45) is 1.99. The number of amides is 1. The maximum atomic E-state index is 12.3. The van der Waals surface area contributed by atoms with Crippen LogP contribution in [0.5, 0.6) is 0 Å². The number of carboxylic acid groups (broad SMARTS) is 1. The van der Waals surface area contributed by atoms with Crippen LogP contribution in [-0.2, 0) is 16.1 Å². The van der Waals surface area contributed by atoms with E-state index in [0.29, 0.717) is 23.9 Å². The lowest BCUT2D eigenvalue weighted by molar-refractivity contribution is -0.309. The number of aromatic nitrogens is 2. The van der Waals surface area contributed by atoms with Gasteiger partial charge in [-0.3, -0.25) is 14.2 Å². The van der Waals surface area contributed by atoms with Crippen molar-refractivity contribution in [3.63, 3.8) is 0 Å². The van der Waals surface area contributed by atoms with Crippen LogP contribution in [0.25, 0.3) is 10.9 Å². The highest BCUT2D eigenvalue weighted by Crippen LogP contribution is 2.06. The van der Waals surface area contributed by atoms with Gasteiger partial charge in [-0.05, 0) is 24.5 Å². The number of carbonyl (C=O) groups excluding carboxylic acids is 2. The van der Waals surface area contributed by atoms with E-state index in [2.05, 4.69) is 10.3 Å². The van der Waals surface area contributed by atoms with Crippen LogP contribution in [-0.4, -0.2) is 27.5 Å². The van der Waals surface area contributed by atoms with Crippen LogP contribution in [0, 0.1) is 5.92 Å². The summed E-state index contributed by atoms with van der Waals surface area (Å²) < 4.78 is 1.45. The van der Waals surface area contributed by atoms with Crippen LogP contribution in [0.4, 0.5) is 0 Å². The number of para-hydroxylation sites is 1. The second-order valence-electron chi connectivity index (χ2n) is 5.97. The first-order valence-electron chi connectivity index (χ1n) is 7.84. The van der Waals surface area contributed by atoms with Gasteiger partial charge < -0.3 is 15.2 Å². The van der Waals surface area contributed by atoms with Crippen molar-refractivity contribution < 1.29 is 14.7 Å². The van der Waals surface area contributed by atoms with E-state index >= 15 is 0 Å². The molecule has 2 aromatic rings. The number of hydrogen-bond donors (Lipinski definition) is 1. The van der Waals surface area contributed by atoms with Gasteiger partial charge in [0.1, 0.15) is 0 Å². The average Bonchev–Trinajstić information content (AvgIpc) is 2.54. The van der Waals surface area contributed by atoms with E-state index in [1.807, 2.05) is 6.07 Å². The fraction of sp³-hybridized carbons (Fsp3) is 0.412. The molecule has 24 heavy (non-hydrogen) atoms. The van der Waals surface area contributed by atoms with Crippen molar-refractivity contribution in [2.24, 2.45) is 5.92 Å². The molecule has 0 aliphatic carbocycles. The molecule has 1 atom stereocenters. The Kier molecular flexibility index (Phi) is 5.68. The zero-order valence-corrected chi connectivity index (χ0v) is 13.7. The van der Waals surface area contributed by atoms with Gasteiger partial charge in [-0.1, -0.05) is 26.0 Å². The van der Waals surface area contributed by atoms with E-state index < -0.39 is 12.0 Å². The molecule has 0 bridgehead atoms. The van der Waals surface area contributed by atoms with Gasteiger partial charge in [0, 0.05) is 13.0 Å². The summed E-state index contributed by atoms with van der Waals surface area (Å²) in [7, 11) is 0. The molecule has 0 unspecified atom stereocenters. The zero-order valence-electron chi connectivity index (χ0n) is 13.7. The van der Waals surface area contributed by atoms with Crippen molar-refractivity contribution in [1.82, 2.24) is 14.9 Å². The predicted octanol–water partition coefficient (Wildman–Crippen LogP) is 0.0674. The standard InChI is InChI=1S/C17H21N3O4/c1-11(2)15(17(23)24)19-14(21)8-5-9-20-10-18-13-7-4-3-6-12(13)16(20)22/h3-4,6-7,10-11,15H,5,8-9H2,1-2H3,(H,19,21)(H,23,24)/p-1/t15-/m0/s1. The van der Waals surface area contributed by atoms with E-state index in [9.17, 15) is 19.5 Å². The van der Waals surface area contributed by atoms with E-state index in [4.69, 9.17) is 0 Å². The summed E-state index contributed by atoms with van der Waals surface area (Å²) in [5, 5.41) is 13.9. The van der Waals surface area contributed by atoms with E-state index in [0.717, 1.165) is 0 Å². The predicted molar refractivity (Wildman–Crippen MR) is 87.0 cm³/mol. The molecule has 7 heteroatoms. The van der Waals surface area contributed by atoms with Crippen LogP contribution in [0.1, 0.15) is 26.7 Å². The minimum atomic E-state index is -1.30. The second kappa shape index (κ2) is 7.72. The van der Waals surface area contributed by atoms with Crippen molar-refractivity contribution >= 4 is 22.8 Å². The van der Waals surface area contributed by atoms with Gasteiger partial charge in [-0.15, -0.1) is 0 Å². The summed E-state index contributed by atoms with van der Waals surface area (Å²) in [5.41, 5.74) is 0.473. The SMILES string of the molecule is CC(C)[C@H](NC(=O)CCCn1cnc2ccccc2c1=O)C(=O)[O-]. The number of nitrogens with zero attached hydrogens (tertiary/aromatic N) is 2. The summed E-state index contributed by atoms with van der Waals surface area (Å²) in [6, 6.07) is 6.05. The van der Waals surface area contributed by atoms with Gasteiger partial charge in [0.25, 0.3) is 5.56 Å².